The number of nitrogens with two attached hydrogens (primary N) is 1. The summed E-state index contributed by atoms with van der Waals surface area (Å²) in [6, 6.07) is 9.27. The lowest BCUT2D eigenvalue weighted by Crippen LogP contribution is -2.36. The van der Waals surface area contributed by atoms with E-state index in [2.05, 4.69) is 17.0 Å². The van der Waals surface area contributed by atoms with Crippen LogP contribution in [0.15, 0.2) is 24.3 Å². The fraction of sp³-hybridized carbons (Fsp3) is 0.625. The summed E-state index contributed by atoms with van der Waals surface area (Å²) in [7, 11) is 0. The largest absolute Gasteiger partial charge is 0.399 e. The number of hydrogen-bond donors (Lipinski definition) is 1. The summed E-state index contributed by atoms with van der Waals surface area (Å²) < 4.78 is 0. The molecule has 0 radical (unpaired) electrons. The van der Waals surface area contributed by atoms with Gasteiger partial charge in [0, 0.05) is 18.3 Å². The highest BCUT2D eigenvalue weighted by Gasteiger charge is 2.34. The van der Waals surface area contributed by atoms with E-state index in [1.54, 1.807) is 0 Å². The van der Waals surface area contributed by atoms with Crippen LogP contribution in [0.4, 0.5) is 5.69 Å². The predicted molar refractivity (Wildman–Crippen MR) is 76.5 cm³/mol. The van der Waals surface area contributed by atoms with Gasteiger partial charge in [-0.3, -0.25) is 4.90 Å². The first-order valence-corrected chi connectivity index (χ1v) is 7.41. The number of fused-ring (bicyclic) bond motifs is 1. The third-order valence-electron chi connectivity index (χ3n) is 4.79. The molecule has 1 aliphatic heterocycles. The van der Waals surface area contributed by atoms with Gasteiger partial charge in [-0.2, -0.15) is 0 Å². The smallest absolute Gasteiger partial charge is 0.0314 e. The van der Waals surface area contributed by atoms with Crippen LogP contribution in [0.3, 0.4) is 0 Å². The van der Waals surface area contributed by atoms with Gasteiger partial charge in [-0.15, -0.1) is 0 Å². The van der Waals surface area contributed by atoms with Gasteiger partial charge in [0.1, 0.15) is 0 Å². The maximum Gasteiger partial charge on any atom is 0.0314 e. The molecular formula is C16H24N2. The van der Waals surface area contributed by atoms with E-state index >= 15 is 0 Å². The molecule has 1 aromatic rings. The van der Waals surface area contributed by atoms with Crippen molar-refractivity contribution in [1.82, 2.24) is 4.90 Å². The molecule has 3 rings (SSSR count). The molecule has 0 aromatic heterocycles. The standard InChI is InChI=1S/C16H24N2/c17-15-7-5-13(6-8-15)9-11-18-12-10-14-3-1-2-4-16(14)18/h5-8,14,16H,1-4,9-12,17H2. The Kier molecular flexibility index (Phi) is 3.55. The second-order valence-electron chi connectivity index (χ2n) is 5.93. The summed E-state index contributed by atoms with van der Waals surface area (Å²) >= 11 is 0. The van der Waals surface area contributed by atoms with Crippen molar-refractivity contribution in [2.24, 2.45) is 5.92 Å². The summed E-state index contributed by atoms with van der Waals surface area (Å²) in [6.45, 7) is 2.55. The van der Waals surface area contributed by atoms with Crippen molar-refractivity contribution >= 4 is 5.69 Å². The summed E-state index contributed by atoms with van der Waals surface area (Å²) in [5, 5.41) is 0. The first-order chi connectivity index (χ1) is 8.83. The minimum absolute atomic E-state index is 0.868. The van der Waals surface area contributed by atoms with Crippen molar-refractivity contribution < 1.29 is 0 Å². The maximum atomic E-state index is 5.72. The fourth-order valence-corrected chi connectivity index (χ4v) is 3.74. The molecular weight excluding hydrogens is 220 g/mol. The van der Waals surface area contributed by atoms with Crippen molar-refractivity contribution in [3.05, 3.63) is 29.8 Å². The zero-order chi connectivity index (χ0) is 12.4. The lowest BCUT2D eigenvalue weighted by molar-refractivity contribution is 0.184. The zero-order valence-corrected chi connectivity index (χ0v) is 11.1. The van der Waals surface area contributed by atoms with E-state index < -0.39 is 0 Å². The van der Waals surface area contributed by atoms with Crippen molar-refractivity contribution in [2.75, 3.05) is 18.8 Å². The van der Waals surface area contributed by atoms with Crippen LogP contribution in [0.2, 0.25) is 0 Å². The highest BCUT2D eigenvalue weighted by Crippen LogP contribution is 2.35. The molecule has 0 amide bonds. The van der Waals surface area contributed by atoms with E-state index in [0.29, 0.717) is 0 Å². The lowest BCUT2D eigenvalue weighted by Gasteiger charge is -2.31. The van der Waals surface area contributed by atoms with Crippen molar-refractivity contribution in [2.45, 2.75) is 44.6 Å². The first-order valence-electron chi connectivity index (χ1n) is 7.41. The van der Waals surface area contributed by atoms with Crippen molar-refractivity contribution in [1.29, 1.82) is 0 Å². The summed E-state index contributed by atoms with van der Waals surface area (Å²) in [4.78, 5) is 2.74. The molecule has 2 unspecified atom stereocenters. The van der Waals surface area contributed by atoms with E-state index in [1.807, 2.05) is 12.1 Å². The molecule has 0 spiro atoms. The van der Waals surface area contributed by atoms with Crippen LogP contribution in [0.1, 0.15) is 37.7 Å². The Labute approximate surface area is 110 Å². The molecule has 18 heavy (non-hydrogen) atoms. The van der Waals surface area contributed by atoms with E-state index in [1.165, 1.54) is 57.2 Å². The second kappa shape index (κ2) is 5.31. The number of nitrogen functional groups attached to an aromatic ring is 1. The predicted octanol–water partition coefficient (Wildman–Crippen LogP) is 3.08. The minimum atomic E-state index is 0.868. The second-order valence-corrected chi connectivity index (χ2v) is 5.93. The molecule has 1 heterocycles. The van der Waals surface area contributed by atoms with E-state index in [-0.39, 0.29) is 0 Å². The van der Waals surface area contributed by atoms with Crippen LogP contribution in [-0.4, -0.2) is 24.0 Å². The Morgan fingerprint density at radius 3 is 2.67 bits per heavy atom. The zero-order valence-electron chi connectivity index (χ0n) is 11.1. The van der Waals surface area contributed by atoms with Gasteiger partial charge in [-0.05, 0) is 55.8 Å². The summed E-state index contributed by atoms with van der Waals surface area (Å²) in [5.41, 5.74) is 8.01. The molecule has 2 aliphatic rings. The minimum Gasteiger partial charge on any atom is -0.399 e. The van der Waals surface area contributed by atoms with Gasteiger partial charge in [0.05, 0.1) is 0 Å². The molecule has 98 valence electrons. The van der Waals surface area contributed by atoms with Gasteiger partial charge in [0.2, 0.25) is 0 Å². The highest BCUT2D eigenvalue weighted by molar-refractivity contribution is 5.39. The number of rotatable bonds is 3. The number of likely N-dealkylation sites (tertiary alicyclic amines) is 1. The van der Waals surface area contributed by atoms with E-state index in [4.69, 9.17) is 5.73 Å². The van der Waals surface area contributed by atoms with Crippen LogP contribution in [0, 0.1) is 5.92 Å². The Hall–Kier alpha value is -1.02. The fourth-order valence-electron chi connectivity index (χ4n) is 3.74. The molecule has 2 nitrogen and oxygen atoms in total. The average molecular weight is 244 g/mol. The topological polar surface area (TPSA) is 29.3 Å². The monoisotopic (exact) mass is 244 g/mol. The third-order valence-corrected chi connectivity index (χ3v) is 4.79. The average Bonchev–Trinajstić information content (AvgIpc) is 2.82. The Morgan fingerprint density at radius 1 is 1.06 bits per heavy atom. The van der Waals surface area contributed by atoms with Crippen molar-refractivity contribution in [3.8, 4) is 0 Å². The third kappa shape index (κ3) is 2.54. The highest BCUT2D eigenvalue weighted by atomic mass is 15.2. The quantitative estimate of drug-likeness (QED) is 0.828. The summed E-state index contributed by atoms with van der Waals surface area (Å²) in [5.74, 6) is 1.00. The number of nitrogens with zero attached hydrogens (tertiary/aromatic N) is 1. The first kappa shape index (κ1) is 12.0. The number of hydrogen-bond acceptors (Lipinski definition) is 2. The SMILES string of the molecule is Nc1ccc(CCN2CCC3CCCCC32)cc1. The van der Waals surface area contributed by atoms with Gasteiger partial charge >= 0.3 is 0 Å². The Morgan fingerprint density at radius 2 is 1.83 bits per heavy atom. The molecule has 1 saturated carbocycles. The van der Waals surface area contributed by atoms with Gasteiger partial charge in [-0.1, -0.05) is 25.0 Å². The maximum absolute atomic E-state index is 5.72. The molecule has 0 bridgehead atoms. The lowest BCUT2D eigenvalue weighted by atomic mass is 9.85. The van der Waals surface area contributed by atoms with Crippen LogP contribution < -0.4 is 5.73 Å². The Balaban J connectivity index is 1.55. The Bertz CT molecular complexity index is 385. The molecule has 2 fully saturated rings. The normalized spacial score (nSPS) is 28.2. The molecule has 2 atom stereocenters. The van der Waals surface area contributed by atoms with Crippen LogP contribution in [0.5, 0.6) is 0 Å². The molecule has 1 aromatic carbocycles. The molecule has 2 heteroatoms. The van der Waals surface area contributed by atoms with Gasteiger partial charge in [0.15, 0.2) is 0 Å². The number of anilines is 1. The van der Waals surface area contributed by atoms with Gasteiger partial charge < -0.3 is 5.73 Å². The molecule has 2 N–H and O–H groups in total. The van der Waals surface area contributed by atoms with Crippen LogP contribution in [-0.2, 0) is 6.42 Å². The van der Waals surface area contributed by atoms with Crippen LogP contribution in [0.25, 0.3) is 0 Å². The van der Waals surface area contributed by atoms with Crippen molar-refractivity contribution in [3.63, 3.8) is 0 Å². The summed E-state index contributed by atoms with van der Waals surface area (Å²) in [6.07, 6.45) is 8.43. The molecule has 1 aliphatic carbocycles. The van der Waals surface area contributed by atoms with Crippen LogP contribution >= 0.6 is 0 Å². The van der Waals surface area contributed by atoms with E-state index in [0.717, 1.165) is 17.6 Å². The number of benzene rings is 1. The van der Waals surface area contributed by atoms with Gasteiger partial charge in [-0.25, -0.2) is 0 Å². The van der Waals surface area contributed by atoms with E-state index in [9.17, 15) is 0 Å². The van der Waals surface area contributed by atoms with Gasteiger partial charge in [0.25, 0.3) is 0 Å². The molecule has 1 saturated heterocycles.